The first-order chi connectivity index (χ1) is 7.18. The van der Waals surface area contributed by atoms with E-state index in [-0.39, 0.29) is 23.9 Å². The highest BCUT2D eigenvalue weighted by atomic mass is 35.5. The van der Waals surface area contributed by atoms with Gasteiger partial charge in [-0.05, 0) is 12.1 Å². The SMILES string of the molecule is Cc1sc2cccc3c2[n+]1CC(O)=C3O.Cl. The Kier molecular flexibility index (Phi) is 2.56. The lowest BCUT2D eigenvalue weighted by atomic mass is 10.1. The second kappa shape index (κ2) is 3.64. The number of aromatic nitrogens is 1. The van der Waals surface area contributed by atoms with Crippen molar-refractivity contribution in [1.29, 1.82) is 0 Å². The van der Waals surface area contributed by atoms with Gasteiger partial charge in [-0.25, -0.2) is 0 Å². The van der Waals surface area contributed by atoms with Gasteiger partial charge in [-0.1, -0.05) is 17.4 Å². The van der Waals surface area contributed by atoms with Crippen LogP contribution in [-0.2, 0) is 6.54 Å². The molecule has 0 saturated carbocycles. The number of allylic oxidation sites excluding steroid dienone is 1. The number of thiazole rings is 1. The number of aryl methyl sites for hydroxylation is 1. The van der Waals surface area contributed by atoms with Crippen LogP contribution in [0.4, 0.5) is 0 Å². The van der Waals surface area contributed by atoms with Crippen molar-refractivity contribution in [2.24, 2.45) is 0 Å². The fourth-order valence-electron chi connectivity index (χ4n) is 2.02. The molecule has 0 fully saturated rings. The Balaban J connectivity index is 0.000000963. The van der Waals surface area contributed by atoms with E-state index in [0.717, 1.165) is 20.8 Å². The van der Waals surface area contributed by atoms with Gasteiger partial charge in [-0.2, -0.15) is 4.57 Å². The van der Waals surface area contributed by atoms with Crippen molar-refractivity contribution in [3.8, 4) is 0 Å². The number of nitrogens with zero attached hydrogens (tertiary/aromatic N) is 1. The molecule has 0 bridgehead atoms. The van der Waals surface area contributed by atoms with Crippen LogP contribution in [0.15, 0.2) is 24.0 Å². The largest absolute Gasteiger partial charge is 0.504 e. The molecule has 1 aliphatic rings. The van der Waals surface area contributed by atoms with Crippen LogP contribution in [0.5, 0.6) is 0 Å². The van der Waals surface area contributed by atoms with Crippen LogP contribution in [0.3, 0.4) is 0 Å². The average Bonchev–Trinajstić information content (AvgIpc) is 2.53. The van der Waals surface area contributed by atoms with Crippen LogP contribution in [0.2, 0.25) is 0 Å². The molecular weight excluding hydrogens is 246 g/mol. The molecule has 0 unspecified atom stereocenters. The summed E-state index contributed by atoms with van der Waals surface area (Å²) in [6.07, 6.45) is 0. The third-order valence-corrected chi connectivity index (χ3v) is 3.81. The number of aliphatic hydroxyl groups excluding tert-OH is 2. The van der Waals surface area contributed by atoms with Gasteiger partial charge in [-0.15, -0.1) is 12.4 Å². The van der Waals surface area contributed by atoms with E-state index in [4.69, 9.17) is 0 Å². The lowest BCUT2D eigenvalue weighted by Gasteiger charge is -2.08. The van der Waals surface area contributed by atoms with E-state index < -0.39 is 0 Å². The Morgan fingerprint density at radius 2 is 2.06 bits per heavy atom. The number of hydrogen-bond donors (Lipinski definition) is 2. The molecule has 0 aliphatic carbocycles. The summed E-state index contributed by atoms with van der Waals surface area (Å²) in [4.78, 5) is 0. The van der Waals surface area contributed by atoms with Crippen molar-refractivity contribution in [3.05, 3.63) is 34.5 Å². The van der Waals surface area contributed by atoms with E-state index in [1.54, 1.807) is 11.3 Å². The predicted molar refractivity (Wildman–Crippen MR) is 66.2 cm³/mol. The zero-order valence-electron chi connectivity index (χ0n) is 8.60. The number of rotatable bonds is 0. The lowest BCUT2D eigenvalue weighted by molar-refractivity contribution is -0.668. The summed E-state index contributed by atoms with van der Waals surface area (Å²) >= 11 is 1.68. The molecule has 16 heavy (non-hydrogen) atoms. The van der Waals surface area contributed by atoms with Gasteiger partial charge in [0.05, 0.1) is 5.56 Å². The molecule has 84 valence electrons. The Bertz CT molecular complexity index is 603. The zero-order valence-corrected chi connectivity index (χ0v) is 10.2. The molecule has 3 nitrogen and oxygen atoms in total. The van der Waals surface area contributed by atoms with Gasteiger partial charge in [0.25, 0.3) is 0 Å². The van der Waals surface area contributed by atoms with Gasteiger partial charge >= 0.3 is 0 Å². The number of aliphatic hydroxyl groups is 2. The van der Waals surface area contributed by atoms with E-state index in [2.05, 4.69) is 0 Å². The summed E-state index contributed by atoms with van der Waals surface area (Å²) in [6, 6.07) is 5.76. The standard InChI is InChI=1S/C11H9NO2S.ClH/c1-6-12-5-8(13)11(14)7-3-2-4-9(15-6)10(7)12;/h2-4H,5H2,1H3,(H-,13,14);1H/p+1. The molecule has 3 rings (SSSR count). The summed E-state index contributed by atoms with van der Waals surface area (Å²) in [7, 11) is 0. The molecule has 0 amide bonds. The third kappa shape index (κ3) is 1.30. The van der Waals surface area contributed by atoms with Crippen LogP contribution in [-0.4, -0.2) is 10.2 Å². The van der Waals surface area contributed by atoms with Crippen molar-refractivity contribution < 1.29 is 14.8 Å². The molecule has 1 aromatic carbocycles. The van der Waals surface area contributed by atoms with Gasteiger partial charge in [0.15, 0.2) is 5.76 Å². The van der Waals surface area contributed by atoms with E-state index in [1.165, 1.54) is 0 Å². The van der Waals surface area contributed by atoms with Crippen molar-refractivity contribution in [1.82, 2.24) is 0 Å². The first-order valence-electron chi connectivity index (χ1n) is 4.72. The quantitative estimate of drug-likeness (QED) is 0.712. The maximum Gasteiger partial charge on any atom is 0.235 e. The molecule has 2 aromatic rings. The minimum Gasteiger partial charge on any atom is -0.504 e. The average molecular weight is 257 g/mol. The topological polar surface area (TPSA) is 44.3 Å². The van der Waals surface area contributed by atoms with Crippen molar-refractivity contribution in [2.75, 3.05) is 0 Å². The van der Waals surface area contributed by atoms with Crippen molar-refractivity contribution >= 4 is 39.7 Å². The second-order valence-electron chi connectivity index (χ2n) is 3.65. The summed E-state index contributed by atoms with van der Waals surface area (Å²) in [5.41, 5.74) is 1.75. The summed E-state index contributed by atoms with van der Waals surface area (Å²) < 4.78 is 3.17. The number of hydrogen-bond acceptors (Lipinski definition) is 3. The fourth-order valence-corrected chi connectivity index (χ4v) is 3.06. The Labute approximate surface area is 103 Å². The lowest BCUT2D eigenvalue weighted by Crippen LogP contribution is -2.39. The Morgan fingerprint density at radius 1 is 1.31 bits per heavy atom. The summed E-state index contributed by atoms with van der Waals surface area (Å²) in [6.45, 7) is 2.39. The first-order valence-corrected chi connectivity index (χ1v) is 5.53. The van der Waals surface area contributed by atoms with E-state index in [1.807, 2.05) is 29.7 Å². The second-order valence-corrected chi connectivity index (χ2v) is 4.89. The molecule has 1 aromatic heterocycles. The van der Waals surface area contributed by atoms with Crippen molar-refractivity contribution in [2.45, 2.75) is 13.5 Å². The van der Waals surface area contributed by atoms with Gasteiger partial charge in [-0.3, -0.25) is 0 Å². The third-order valence-electron chi connectivity index (χ3n) is 2.74. The van der Waals surface area contributed by atoms with Crippen LogP contribution in [0, 0.1) is 6.92 Å². The molecule has 0 saturated heterocycles. The maximum absolute atomic E-state index is 9.77. The normalized spacial score (nSPS) is 14.1. The molecule has 0 spiro atoms. The van der Waals surface area contributed by atoms with Crippen LogP contribution in [0.25, 0.3) is 16.0 Å². The molecule has 2 heterocycles. The Hall–Kier alpha value is -1.26. The van der Waals surface area contributed by atoms with Gasteiger partial charge in [0.2, 0.25) is 22.8 Å². The first kappa shape index (κ1) is 11.2. The van der Waals surface area contributed by atoms with Gasteiger partial charge in [0, 0.05) is 6.92 Å². The van der Waals surface area contributed by atoms with Crippen LogP contribution in [0.1, 0.15) is 10.6 Å². The molecule has 2 N–H and O–H groups in total. The molecule has 0 atom stereocenters. The fraction of sp³-hybridized carbons (Fsp3) is 0.182. The maximum atomic E-state index is 9.77. The minimum atomic E-state index is 0. The number of benzene rings is 1. The summed E-state index contributed by atoms with van der Waals surface area (Å²) in [5, 5.41) is 20.5. The van der Waals surface area contributed by atoms with E-state index in [9.17, 15) is 10.2 Å². The van der Waals surface area contributed by atoms with Gasteiger partial charge in [0.1, 0.15) is 4.70 Å². The minimum absolute atomic E-state index is 0. The molecule has 5 heteroatoms. The predicted octanol–water partition coefficient (Wildman–Crippen LogP) is 2.72. The zero-order chi connectivity index (χ0) is 10.6. The van der Waals surface area contributed by atoms with Crippen LogP contribution >= 0.6 is 23.7 Å². The highest BCUT2D eigenvalue weighted by Gasteiger charge is 2.29. The van der Waals surface area contributed by atoms with Crippen LogP contribution < -0.4 is 4.57 Å². The smallest absolute Gasteiger partial charge is 0.235 e. The monoisotopic (exact) mass is 256 g/mol. The highest BCUT2D eigenvalue weighted by molar-refractivity contribution is 7.18. The van der Waals surface area contributed by atoms with Crippen molar-refractivity contribution in [3.63, 3.8) is 0 Å². The Morgan fingerprint density at radius 3 is 2.81 bits per heavy atom. The van der Waals surface area contributed by atoms with E-state index in [0.29, 0.717) is 6.54 Å². The molecule has 0 radical (unpaired) electrons. The van der Waals surface area contributed by atoms with Gasteiger partial charge < -0.3 is 10.2 Å². The molecular formula is C11H11ClNO2S+. The van der Waals surface area contributed by atoms with E-state index >= 15 is 0 Å². The number of halogens is 1. The molecule has 1 aliphatic heterocycles. The number of para-hydroxylation sites is 1. The highest BCUT2D eigenvalue weighted by Crippen LogP contribution is 2.30. The summed E-state index contributed by atoms with van der Waals surface area (Å²) in [5.74, 6) is 0.0555.